The molecule has 0 bridgehead atoms. The number of hydrogen-bond acceptors (Lipinski definition) is 3. The Morgan fingerprint density at radius 1 is 1.32 bits per heavy atom. The second-order valence-corrected chi connectivity index (χ2v) is 6.90. The molecule has 0 radical (unpaired) electrons. The number of aliphatic carboxylic acids is 1. The lowest BCUT2D eigenvalue weighted by atomic mass is 9.66. The van der Waals surface area contributed by atoms with Crippen molar-refractivity contribution in [2.75, 3.05) is 0 Å². The molecule has 4 nitrogen and oxygen atoms in total. The van der Waals surface area contributed by atoms with E-state index < -0.39 is 35.9 Å². The zero-order chi connectivity index (χ0) is 16.7. The summed E-state index contributed by atoms with van der Waals surface area (Å²) in [5.74, 6) is -2.09. The fraction of sp³-hybridized carbons (Fsp3) is 0.533. The quantitative estimate of drug-likeness (QED) is 0.857. The van der Waals surface area contributed by atoms with Gasteiger partial charge in [-0.15, -0.1) is 0 Å². The first-order valence-corrected chi connectivity index (χ1v) is 7.44. The lowest BCUT2D eigenvalue weighted by molar-refractivity contribution is -0.137. The zero-order valence-corrected chi connectivity index (χ0v) is 13.8. The van der Waals surface area contributed by atoms with Crippen LogP contribution >= 0.6 is 11.6 Å². The summed E-state index contributed by atoms with van der Waals surface area (Å²) in [4.78, 5) is 11.2. The Morgan fingerprint density at radius 3 is 2.32 bits per heavy atom. The van der Waals surface area contributed by atoms with E-state index in [1.807, 2.05) is 27.7 Å². The Labute approximate surface area is 134 Å². The summed E-state index contributed by atoms with van der Waals surface area (Å²) in [6.45, 7) is 7.54. The number of carboxylic acid groups (broad SMARTS) is 1. The molecule has 1 saturated heterocycles. The summed E-state index contributed by atoms with van der Waals surface area (Å²) in [6, 6.07) is 3.90. The van der Waals surface area contributed by atoms with Crippen molar-refractivity contribution in [2.45, 2.75) is 51.1 Å². The minimum atomic E-state index is -1.000. The first-order chi connectivity index (χ1) is 10.0. The molecule has 1 fully saturated rings. The monoisotopic (exact) mass is 328 g/mol. The van der Waals surface area contributed by atoms with Crippen molar-refractivity contribution in [3.63, 3.8) is 0 Å². The summed E-state index contributed by atoms with van der Waals surface area (Å²) < 4.78 is 25.1. The fourth-order valence-electron chi connectivity index (χ4n) is 2.40. The second kappa shape index (κ2) is 5.83. The summed E-state index contributed by atoms with van der Waals surface area (Å²) >= 11 is 6.08. The SMILES string of the molecule is CC1(C)OB(C(CC(=O)O)c2ccc(F)cc2Cl)OC1(C)C. The van der Waals surface area contributed by atoms with Crippen molar-refractivity contribution in [2.24, 2.45) is 0 Å². The molecule has 0 amide bonds. The van der Waals surface area contributed by atoms with Crippen LogP contribution in [-0.4, -0.2) is 29.4 Å². The molecule has 1 unspecified atom stereocenters. The van der Waals surface area contributed by atoms with Gasteiger partial charge in [0, 0.05) is 10.8 Å². The Kier molecular flexibility index (Phi) is 4.57. The molecular weight excluding hydrogens is 309 g/mol. The van der Waals surface area contributed by atoms with Crippen LogP contribution in [0.3, 0.4) is 0 Å². The normalized spacial score (nSPS) is 20.9. The van der Waals surface area contributed by atoms with E-state index in [1.165, 1.54) is 12.1 Å². The summed E-state index contributed by atoms with van der Waals surface area (Å²) in [6.07, 6.45) is -0.220. The maximum Gasteiger partial charge on any atom is 0.466 e. The molecule has 0 saturated carbocycles. The molecule has 22 heavy (non-hydrogen) atoms. The van der Waals surface area contributed by atoms with Gasteiger partial charge in [-0.2, -0.15) is 0 Å². The number of halogens is 2. The molecule has 1 aliphatic heterocycles. The van der Waals surface area contributed by atoms with Gasteiger partial charge < -0.3 is 14.4 Å². The predicted octanol–water partition coefficient (Wildman–Crippen LogP) is 3.67. The van der Waals surface area contributed by atoms with E-state index in [9.17, 15) is 14.3 Å². The molecule has 7 heteroatoms. The molecule has 0 aliphatic carbocycles. The summed E-state index contributed by atoms with van der Waals surface area (Å²) in [5.41, 5.74) is -0.661. The van der Waals surface area contributed by atoms with E-state index in [4.69, 9.17) is 20.9 Å². The first kappa shape index (κ1) is 17.3. The molecule has 1 aromatic carbocycles. The van der Waals surface area contributed by atoms with E-state index >= 15 is 0 Å². The van der Waals surface area contributed by atoms with E-state index in [1.54, 1.807) is 0 Å². The highest BCUT2D eigenvalue weighted by Gasteiger charge is 2.54. The molecule has 2 rings (SSSR count). The largest absolute Gasteiger partial charge is 0.481 e. The third-order valence-corrected chi connectivity index (χ3v) is 4.68. The Hall–Kier alpha value is -1.11. The third-order valence-electron chi connectivity index (χ3n) is 4.36. The minimum absolute atomic E-state index is 0.168. The van der Waals surface area contributed by atoms with Crippen LogP contribution in [-0.2, 0) is 14.1 Å². The van der Waals surface area contributed by atoms with Gasteiger partial charge >= 0.3 is 13.1 Å². The van der Waals surface area contributed by atoms with E-state index in [2.05, 4.69) is 0 Å². The van der Waals surface area contributed by atoms with Gasteiger partial charge in [0.2, 0.25) is 0 Å². The molecule has 0 spiro atoms. The molecule has 1 atom stereocenters. The van der Waals surface area contributed by atoms with Crippen molar-refractivity contribution in [3.05, 3.63) is 34.6 Å². The molecule has 0 aromatic heterocycles. The van der Waals surface area contributed by atoms with Crippen LogP contribution in [0.5, 0.6) is 0 Å². The van der Waals surface area contributed by atoms with Gasteiger partial charge in [-0.05, 0) is 45.4 Å². The van der Waals surface area contributed by atoms with Crippen LogP contribution in [0.1, 0.15) is 45.5 Å². The van der Waals surface area contributed by atoms with Crippen LogP contribution in [0, 0.1) is 5.82 Å². The average Bonchev–Trinajstić information content (AvgIpc) is 2.56. The fourth-order valence-corrected chi connectivity index (χ4v) is 2.70. The third kappa shape index (κ3) is 3.29. The molecule has 1 aromatic rings. The van der Waals surface area contributed by atoms with E-state index in [-0.39, 0.29) is 11.4 Å². The van der Waals surface area contributed by atoms with Gasteiger partial charge in [-0.3, -0.25) is 4.79 Å². The number of benzene rings is 1. The number of rotatable bonds is 4. The van der Waals surface area contributed by atoms with Crippen molar-refractivity contribution < 1.29 is 23.6 Å². The van der Waals surface area contributed by atoms with Gasteiger partial charge in [-0.1, -0.05) is 17.7 Å². The van der Waals surface area contributed by atoms with Crippen molar-refractivity contribution >= 4 is 24.7 Å². The Balaban J connectivity index is 2.38. The van der Waals surface area contributed by atoms with Gasteiger partial charge in [0.25, 0.3) is 0 Å². The molecule has 120 valence electrons. The van der Waals surface area contributed by atoms with E-state index in [0.717, 1.165) is 6.07 Å². The number of carboxylic acids is 1. The van der Waals surface area contributed by atoms with Gasteiger partial charge in [0.1, 0.15) is 5.82 Å². The van der Waals surface area contributed by atoms with Crippen molar-refractivity contribution in [1.82, 2.24) is 0 Å². The maximum absolute atomic E-state index is 13.2. The van der Waals surface area contributed by atoms with Crippen LogP contribution in [0.4, 0.5) is 4.39 Å². The van der Waals surface area contributed by atoms with Crippen LogP contribution in [0.15, 0.2) is 18.2 Å². The van der Waals surface area contributed by atoms with Crippen LogP contribution < -0.4 is 0 Å². The zero-order valence-electron chi connectivity index (χ0n) is 13.0. The number of hydrogen-bond donors (Lipinski definition) is 1. The molecule has 1 heterocycles. The highest BCUT2D eigenvalue weighted by molar-refractivity contribution is 6.48. The standard InChI is InChI=1S/C15H19BClFO4/c1-14(2)15(3,4)22-16(21-14)11(8-13(19)20)10-6-5-9(18)7-12(10)17/h5-7,11H,8H2,1-4H3,(H,19,20). The highest BCUT2D eigenvalue weighted by Crippen LogP contribution is 2.42. The summed E-state index contributed by atoms with van der Waals surface area (Å²) in [5, 5.41) is 9.35. The molecule has 1 N–H and O–H groups in total. The predicted molar refractivity (Wildman–Crippen MR) is 82.5 cm³/mol. The second-order valence-electron chi connectivity index (χ2n) is 6.49. The first-order valence-electron chi connectivity index (χ1n) is 7.06. The molecular formula is C15H19BClFO4. The van der Waals surface area contributed by atoms with Gasteiger partial charge in [0.05, 0.1) is 17.6 Å². The Bertz CT molecular complexity index is 575. The van der Waals surface area contributed by atoms with Gasteiger partial charge in [-0.25, -0.2) is 4.39 Å². The van der Waals surface area contributed by atoms with Crippen LogP contribution in [0.25, 0.3) is 0 Å². The topological polar surface area (TPSA) is 55.8 Å². The maximum atomic E-state index is 13.2. The van der Waals surface area contributed by atoms with E-state index in [0.29, 0.717) is 5.56 Å². The van der Waals surface area contributed by atoms with Crippen molar-refractivity contribution in [3.8, 4) is 0 Å². The number of carbonyl (C=O) groups is 1. The summed E-state index contributed by atoms with van der Waals surface area (Å²) in [7, 11) is -0.760. The molecule has 1 aliphatic rings. The lowest BCUT2D eigenvalue weighted by Gasteiger charge is -2.32. The lowest BCUT2D eigenvalue weighted by Crippen LogP contribution is -2.41. The minimum Gasteiger partial charge on any atom is -0.481 e. The Morgan fingerprint density at radius 2 is 1.86 bits per heavy atom. The van der Waals surface area contributed by atoms with Crippen molar-refractivity contribution in [1.29, 1.82) is 0 Å². The van der Waals surface area contributed by atoms with Crippen LogP contribution in [0.2, 0.25) is 5.02 Å². The smallest absolute Gasteiger partial charge is 0.466 e. The highest BCUT2D eigenvalue weighted by atomic mass is 35.5. The average molecular weight is 329 g/mol. The van der Waals surface area contributed by atoms with Gasteiger partial charge in [0.15, 0.2) is 0 Å².